The highest BCUT2D eigenvalue weighted by Crippen LogP contribution is 1.84. The molecular formula is C5H12N2O3. The lowest BCUT2D eigenvalue weighted by molar-refractivity contribution is -0.140. The summed E-state index contributed by atoms with van der Waals surface area (Å²) >= 11 is 0. The van der Waals surface area contributed by atoms with Gasteiger partial charge < -0.3 is 21.3 Å². The van der Waals surface area contributed by atoms with E-state index in [4.69, 9.17) is 21.3 Å². The maximum atomic E-state index is 10.1. The van der Waals surface area contributed by atoms with E-state index in [0.717, 1.165) is 0 Å². The van der Waals surface area contributed by atoms with Crippen molar-refractivity contribution in [3.63, 3.8) is 0 Å². The summed E-state index contributed by atoms with van der Waals surface area (Å²) in [5.41, 5.74) is 10.3. The zero-order valence-electron chi connectivity index (χ0n) is 5.78. The van der Waals surface area contributed by atoms with Gasteiger partial charge in [0.2, 0.25) is 0 Å². The molecule has 5 heteroatoms. The van der Waals surface area contributed by atoms with E-state index in [1.54, 1.807) is 6.92 Å². The number of rotatable bonds is 4. The minimum absolute atomic E-state index is 0.0486. The summed E-state index contributed by atoms with van der Waals surface area (Å²) in [6.45, 7) is 1.56. The van der Waals surface area contributed by atoms with Crippen LogP contribution in [0.15, 0.2) is 0 Å². The maximum Gasteiger partial charge on any atom is 0.322 e. The first-order chi connectivity index (χ1) is 4.54. The highest BCUT2D eigenvalue weighted by atomic mass is 16.5. The van der Waals surface area contributed by atoms with Crippen LogP contribution in [0.25, 0.3) is 0 Å². The fourth-order valence-electron chi connectivity index (χ4n) is 0.327. The van der Waals surface area contributed by atoms with E-state index in [1.165, 1.54) is 0 Å². The minimum Gasteiger partial charge on any atom is -0.480 e. The van der Waals surface area contributed by atoms with E-state index in [2.05, 4.69) is 0 Å². The van der Waals surface area contributed by atoms with E-state index in [0.29, 0.717) is 0 Å². The van der Waals surface area contributed by atoms with Crippen LogP contribution in [0.4, 0.5) is 0 Å². The molecule has 0 bridgehead atoms. The lowest BCUT2D eigenvalue weighted by atomic mass is 10.3. The fraction of sp³-hybridized carbons (Fsp3) is 0.800. The average molecular weight is 148 g/mol. The second kappa shape index (κ2) is 4.21. The molecule has 10 heavy (non-hydrogen) atoms. The second-order valence-electron chi connectivity index (χ2n) is 1.98. The van der Waals surface area contributed by atoms with Crippen LogP contribution in [0.2, 0.25) is 0 Å². The average Bonchev–Trinajstić information content (AvgIpc) is 1.82. The lowest BCUT2D eigenvalue weighted by Crippen LogP contribution is -2.37. The summed E-state index contributed by atoms with van der Waals surface area (Å²) in [6, 6.07) is -0.981. The molecule has 0 aliphatic rings. The summed E-state index contributed by atoms with van der Waals surface area (Å²) < 4.78 is 4.74. The van der Waals surface area contributed by atoms with E-state index in [-0.39, 0.29) is 6.61 Å². The molecule has 2 atom stereocenters. The van der Waals surface area contributed by atoms with Crippen LogP contribution in [0.1, 0.15) is 6.92 Å². The molecule has 0 rings (SSSR count). The highest BCUT2D eigenvalue weighted by Gasteiger charge is 2.11. The molecule has 0 amide bonds. The third-order valence-corrected chi connectivity index (χ3v) is 0.856. The fourth-order valence-corrected chi connectivity index (χ4v) is 0.327. The molecule has 0 spiro atoms. The van der Waals surface area contributed by atoms with Crippen LogP contribution < -0.4 is 11.5 Å². The molecule has 5 N–H and O–H groups in total. The molecule has 0 aromatic carbocycles. The normalized spacial score (nSPS) is 16.3. The van der Waals surface area contributed by atoms with Crippen LogP contribution in [0.5, 0.6) is 0 Å². The summed E-state index contributed by atoms with van der Waals surface area (Å²) in [4.78, 5) is 10.1. The van der Waals surface area contributed by atoms with Crippen molar-refractivity contribution in [2.75, 3.05) is 6.61 Å². The number of nitrogens with two attached hydrogens (primary N) is 2. The Bertz CT molecular complexity index is 115. The molecule has 0 heterocycles. The number of carbonyl (C=O) groups is 1. The van der Waals surface area contributed by atoms with Gasteiger partial charge in [0.05, 0.1) is 6.61 Å². The van der Waals surface area contributed by atoms with Gasteiger partial charge in [0, 0.05) is 0 Å². The molecule has 0 aliphatic heterocycles. The lowest BCUT2D eigenvalue weighted by Gasteiger charge is -2.09. The van der Waals surface area contributed by atoms with Gasteiger partial charge in [0.15, 0.2) is 0 Å². The van der Waals surface area contributed by atoms with Gasteiger partial charge in [-0.3, -0.25) is 4.79 Å². The van der Waals surface area contributed by atoms with Crippen LogP contribution in [-0.2, 0) is 9.53 Å². The zero-order chi connectivity index (χ0) is 8.15. The molecule has 2 unspecified atom stereocenters. The number of hydrogen-bond acceptors (Lipinski definition) is 4. The molecule has 0 saturated carbocycles. The zero-order valence-corrected chi connectivity index (χ0v) is 5.78. The maximum absolute atomic E-state index is 10.1. The number of ether oxygens (including phenoxy) is 1. The highest BCUT2D eigenvalue weighted by molar-refractivity contribution is 5.73. The second-order valence-corrected chi connectivity index (χ2v) is 1.98. The standard InChI is InChI=1S/C5H12N2O3/c1-3(6)10-2-4(7)5(8)9/h3-4H,2,6-7H2,1H3,(H,8,9). The molecule has 0 saturated heterocycles. The van der Waals surface area contributed by atoms with Crippen molar-refractivity contribution in [3.05, 3.63) is 0 Å². The molecule has 0 aromatic rings. The van der Waals surface area contributed by atoms with Crippen molar-refractivity contribution < 1.29 is 14.6 Å². The van der Waals surface area contributed by atoms with E-state index in [1.807, 2.05) is 0 Å². The van der Waals surface area contributed by atoms with Gasteiger partial charge in [-0.2, -0.15) is 0 Å². The summed E-state index contributed by atoms with van der Waals surface area (Å²) in [6.07, 6.45) is -0.467. The van der Waals surface area contributed by atoms with E-state index in [9.17, 15) is 4.79 Å². The smallest absolute Gasteiger partial charge is 0.322 e. The van der Waals surface area contributed by atoms with Crippen LogP contribution in [0.3, 0.4) is 0 Å². The topological polar surface area (TPSA) is 98.6 Å². The van der Waals surface area contributed by atoms with Crippen molar-refractivity contribution in [1.29, 1.82) is 0 Å². The Morgan fingerprint density at radius 2 is 2.20 bits per heavy atom. The van der Waals surface area contributed by atoms with Crippen LogP contribution >= 0.6 is 0 Å². The predicted octanol–water partition coefficient (Wildman–Crippen LogP) is -1.28. The largest absolute Gasteiger partial charge is 0.480 e. The third-order valence-electron chi connectivity index (χ3n) is 0.856. The first-order valence-corrected chi connectivity index (χ1v) is 2.89. The number of carboxylic acids is 1. The molecule has 0 aromatic heterocycles. The Morgan fingerprint density at radius 1 is 1.70 bits per heavy atom. The number of carboxylic acid groups (broad SMARTS) is 1. The van der Waals surface area contributed by atoms with Crippen molar-refractivity contribution in [1.82, 2.24) is 0 Å². The van der Waals surface area contributed by atoms with Gasteiger partial charge in [0.25, 0.3) is 0 Å². The van der Waals surface area contributed by atoms with Gasteiger partial charge >= 0.3 is 5.97 Å². The quantitative estimate of drug-likeness (QED) is 0.431. The number of aliphatic carboxylic acids is 1. The Hall–Kier alpha value is -0.650. The Kier molecular flexibility index (Phi) is 3.94. The van der Waals surface area contributed by atoms with Gasteiger partial charge in [-0.25, -0.2) is 0 Å². The van der Waals surface area contributed by atoms with Crippen molar-refractivity contribution in [3.8, 4) is 0 Å². The van der Waals surface area contributed by atoms with Gasteiger partial charge in [-0.15, -0.1) is 0 Å². The molecule has 5 nitrogen and oxygen atoms in total. The van der Waals surface area contributed by atoms with Crippen LogP contribution in [0, 0.1) is 0 Å². The SMILES string of the molecule is CC(N)OCC(N)C(=O)O. The van der Waals surface area contributed by atoms with Crippen LogP contribution in [-0.4, -0.2) is 30.0 Å². The number of hydrogen-bond donors (Lipinski definition) is 3. The van der Waals surface area contributed by atoms with Crippen molar-refractivity contribution in [2.24, 2.45) is 11.5 Å². The molecule has 60 valence electrons. The Labute approximate surface area is 58.9 Å². The van der Waals surface area contributed by atoms with Crippen molar-refractivity contribution >= 4 is 5.97 Å². The van der Waals surface area contributed by atoms with E-state index < -0.39 is 18.2 Å². The van der Waals surface area contributed by atoms with Gasteiger partial charge in [-0.1, -0.05) is 0 Å². The van der Waals surface area contributed by atoms with Gasteiger partial charge in [0.1, 0.15) is 12.3 Å². The summed E-state index contributed by atoms with van der Waals surface area (Å²) in [7, 11) is 0. The monoisotopic (exact) mass is 148 g/mol. The van der Waals surface area contributed by atoms with Crippen molar-refractivity contribution in [2.45, 2.75) is 19.2 Å². The summed E-state index contributed by atoms with van der Waals surface area (Å²) in [5.74, 6) is -1.08. The predicted molar refractivity (Wildman–Crippen MR) is 35.2 cm³/mol. The third kappa shape index (κ3) is 4.25. The molecular weight excluding hydrogens is 136 g/mol. The minimum atomic E-state index is -1.08. The van der Waals surface area contributed by atoms with Gasteiger partial charge in [-0.05, 0) is 6.92 Å². The Morgan fingerprint density at radius 3 is 2.50 bits per heavy atom. The molecule has 0 aliphatic carbocycles. The first kappa shape index (κ1) is 9.35. The Balaban J connectivity index is 3.40. The first-order valence-electron chi connectivity index (χ1n) is 2.89. The van der Waals surface area contributed by atoms with E-state index >= 15 is 0 Å². The molecule has 0 radical (unpaired) electrons. The summed E-state index contributed by atoms with van der Waals surface area (Å²) in [5, 5.41) is 8.25. The molecule has 0 fully saturated rings.